The van der Waals surface area contributed by atoms with E-state index in [1.54, 1.807) is 5.01 Å². The van der Waals surface area contributed by atoms with Crippen LogP contribution in [0.3, 0.4) is 0 Å². The van der Waals surface area contributed by atoms with Crippen molar-refractivity contribution in [3.8, 4) is 6.07 Å². The van der Waals surface area contributed by atoms with Gasteiger partial charge in [-0.1, -0.05) is 26.0 Å². The number of hydrazone groups is 1. The average Bonchev–Trinajstić information content (AvgIpc) is 2.54. The van der Waals surface area contributed by atoms with Crippen molar-refractivity contribution in [2.75, 3.05) is 11.6 Å². The van der Waals surface area contributed by atoms with Crippen LogP contribution in [0.25, 0.3) is 0 Å². The minimum atomic E-state index is -0.434. The molecule has 0 atom stereocenters. The van der Waals surface area contributed by atoms with Crippen molar-refractivity contribution in [1.82, 2.24) is 0 Å². The Labute approximate surface area is 154 Å². The van der Waals surface area contributed by atoms with E-state index in [0.717, 1.165) is 17.0 Å². The lowest BCUT2D eigenvalue weighted by molar-refractivity contribution is 0.0409. The highest BCUT2D eigenvalue weighted by Gasteiger charge is 2.33. The first kappa shape index (κ1) is 19.0. The van der Waals surface area contributed by atoms with Crippen LogP contribution >= 0.6 is 12.4 Å². The van der Waals surface area contributed by atoms with E-state index in [1.807, 2.05) is 32.1 Å². The molecule has 2 heterocycles. The van der Waals surface area contributed by atoms with E-state index in [9.17, 15) is 5.26 Å². The second-order valence-corrected chi connectivity index (χ2v) is 6.93. The van der Waals surface area contributed by atoms with E-state index in [0.29, 0.717) is 23.9 Å². The number of halogens is 1. The van der Waals surface area contributed by atoms with Gasteiger partial charge >= 0.3 is 0 Å². The SMILES string of the molecule is CC(C)c1cccc(N2N=C3COC(C)(C)C=C3C(C#N)=C2N)c1.Cl. The number of fused-ring (bicyclic) bond motifs is 1. The zero-order valence-electron chi connectivity index (χ0n) is 14.9. The molecule has 5 nitrogen and oxygen atoms in total. The van der Waals surface area contributed by atoms with Crippen LogP contribution < -0.4 is 10.7 Å². The molecule has 0 saturated heterocycles. The molecular weight excluding hydrogens is 336 g/mol. The third kappa shape index (κ3) is 3.55. The summed E-state index contributed by atoms with van der Waals surface area (Å²) < 4.78 is 5.80. The van der Waals surface area contributed by atoms with E-state index >= 15 is 0 Å². The van der Waals surface area contributed by atoms with Crippen LogP contribution in [0.15, 0.2) is 52.4 Å². The van der Waals surface area contributed by atoms with E-state index < -0.39 is 5.60 Å². The van der Waals surface area contributed by atoms with E-state index in [-0.39, 0.29) is 12.4 Å². The monoisotopic (exact) mass is 358 g/mol. The Hall–Kier alpha value is -2.29. The minimum absolute atomic E-state index is 0. The molecule has 0 fully saturated rings. The number of allylic oxidation sites excluding steroid dienone is 1. The molecule has 0 bridgehead atoms. The zero-order chi connectivity index (χ0) is 17.5. The summed E-state index contributed by atoms with van der Waals surface area (Å²) in [6, 6.07) is 10.3. The van der Waals surface area contributed by atoms with Crippen LogP contribution in [-0.2, 0) is 4.74 Å². The second kappa shape index (κ2) is 6.91. The molecule has 0 amide bonds. The maximum Gasteiger partial charge on any atom is 0.144 e. The highest BCUT2D eigenvalue weighted by molar-refractivity contribution is 6.08. The van der Waals surface area contributed by atoms with Gasteiger partial charge in [-0.3, -0.25) is 0 Å². The molecule has 25 heavy (non-hydrogen) atoms. The molecule has 0 saturated carbocycles. The Bertz CT molecular complexity index is 815. The van der Waals surface area contributed by atoms with Crippen LogP contribution in [0, 0.1) is 11.3 Å². The van der Waals surface area contributed by atoms with Gasteiger partial charge in [0, 0.05) is 5.57 Å². The van der Waals surface area contributed by atoms with Gasteiger partial charge in [-0.15, -0.1) is 12.4 Å². The van der Waals surface area contributed by atoms with Crippen molar-refractivity contribution in [2.45, 2.75) is 39.2 Å². The van der Waals surface area contributed by atoms with E-state index in [2.05, 4.69) is 37.2 Å². The van der Waals surface area contributed by atoms with Crippen LogP contribution in [0.1, 0.15) is 39.2 Å². The fourth-order valence-electron chi connectivity index (χ4n) is 2.85. The van der Waals surface area contributed by atoms with Gasteiger partial charge in [0.25, 0.3) is 0 Å². The van der Waals surface area contributed by atoms with Crippen molar-refractivity contribution in [2.24, 2.45) is 10.8 Å². The van der Waals surface area contributed by atoms with Crippen molar-refractivity contribution < 1.29 is 4.74 Å². The summed E-state index contributed by atoms with van der Waals surface area (Å²) in [6.07, 6.45) is 1.92. The molecule has 3 rings (SSSR count). The summed E-state index contributed by atoms with van der Waals surface area (Å²) in [5, 5.41) is 15.9. The third-order valence-electron chi connectivity index (χ3n) is 4.25. The van der Waals surface area contributed by atoms with Gasteiger partial charge < -0.3 is 10.5 Å². The molecule has 0 unspecified atom stereocenters. The second-order valence-electron chi connectivity index (χ2n) is 6.93. The Kier molecular flexibility index (Phi) is 5.26. The number of rotatable bonds is 2. The first-order valence-corrected chi connectivity index (χ1v) is 8.07. The predicted octanol–water partition coefficient (Wildman–Crippen LogP) is 3.84. The van der Waals surface area contributed by atoms with Gasteiger partial charge in [0.15, 0.2) is 0 Å². The summed E-state index contributed by atoms with van der Waals surface area (Å²) in [7, 11) is 0. The molecule has 0 aromatic heterocycles. The van der Waals surface area contributed by atoms with Gasteiger partial charge in [0.2, 0.25) is 0 Å². The normalized spacial score (nSPS) is 18.8. The van der Waals surface area contributed by atoms with Crippen LogP contribution in [0.2, 0.25) is 0 Å². The third-order valence-corrected chi connectivity index (χ3v) is 4.25. The number of hydrogen-bond acceptors (Lipinski definition) is 5. The summed E-state index contributed by atoms with van der Waals surface area (Å²) in [4.78, 5) is 0. The average molecular weight is 359 g/mol. The van der Waals surface area contributed by atoms with Crippen LogP contribution in [-0.4, -0.2) is 17.9 Å². The molecule has 1 aromatic carbocycles. The van der Waals surface area contributed by atoms with Gasteiger partial charge in [-0.05, 0) is 43.5 Å². The lowest BCUT2D eigenvalue weighted by Crippen LogP contribution is -2.39. The summed E-state index contributed by atoms with van der Waals surface area (Å²) in [5.74, 6) is 0.753. The molecule has 0 radical (unpaired) electrons. The number of hydrogen-bond donors (Lipinski definition) is 1. The van der Waals surface area contributed by atoms with Crippen molar-refractivity contribution in [1.29, 1.82) is 5.26 Å². The number of nitrogens with zero attached hydrogens (tertiary/aromatic N) is 3. The maximum absolute atomic E-state index is 9.63. The fraction of sp³-hybridized carbons (Fsp3) is 0.368. The van der Waals surface area contributed by atoms with Gasteiger partial charge in [-0.2, -0.15) is 10.4 Å². The Balaban J connectivity index is 0.00000225. The van der Waals surface area contributed by atoms with Gasteiger partial charge in [-0.25, -0.2) is 5.01 Å². The maximum atomic E-state index is 9.63. The van der Waals surface area contributed by atoms with Crippen molar-refractivity contribution >= 4 is 23.8 Å². The van der Waals surface area contributed by atoms with Crippen LogP contribution in [0.4, 0.5) is 5.69 Å². The molecule has 2 N–H and O–H groups in total. The summed E-state index contributed by atoms with van der Waals surface area (Å²) in [5.41, 5.74) is 9.86. The van der Waals surface area contributed by atoms with Gasteiger partial charge in [0.1, 0.15) is 17.5 Å². The molecule has 0 spiro atoms. The van der Waals surface area contributed by atoms with Crippen molar-refractivity contribution in [3.63, 3.8) is 0 Å². The zero-order valence-corrected chi connectivity index (χ0v) is 15.7. The molecular formula is C19H23ClN4O. The van der Waals surface area contributed by atoms with E-state index in [1.165, 1.54) is 5.56 Å². The Morgan fingerprint density at radius 3 is 2.72 bits per heavy atom. The lowest BCUT2D eigenvalue weighted by atomic mass is 9.92. The Morgan fingerprint density at radius 2 is 2.08 bits per heavy atom. The first-order chi connectivity index (χ1) is 11.3. The lowest BCUT2D eigenvalue weighted by Gasteiger charge is -2.34. The first-order valence-electron chi connectivity index (χ1n) is 8.07. The minimum Gasteiger partial charge on any atom is -0.383 e. The number of nitrogens with two attached hydrogens (primary N) is 1. The number of benzene rings is 1. The number of ether oxygens (including phenoxy) is 1. The molecule has 2 aliphatic rings. The molecule has 1 aromatic rings. The number of anilines is 1. The quantitative estimate of drug-likeness (QED) is 0.871. The smallest absolute Gasteiger partial charge is 0.144 e. The van der Waals surface area contributed by atoms with Crippen LogP contribution in [0.5, 0.6) is 0 Å². The molecule has 0 aliphatic carbocycles. The molecule has 6 heteroatoms. The highest BCUT2D eigenvalue weighted by atomic mass is 35.5. The largest absolute Gasteiger partial charge is 0.383 e. The molecule has 2 aliphatic heterocycles. The van der Waals surface area contributed by atoms with E-state index in [4.69, 9.17) is 10.5 Å². The Morgan fingerprint density at radius 1 is 1.36 bits per heavy atom. The standard InChI is InChI=1S/C19H22N4O.ClH/c1-12(2)13-6-5-7-14(8-13)23-18(21)16(10-20)15-9-19(3,4)24-11-17(15)22-23;/h5-9,12H,11,21H2,1-4H3;1H. The molecule has 132 valence electrons. The summed E-state index contributed by atoms with van der Waals surface area (Å²) >= 11 is 0. The topological polar surface area (TPSA) is 74.6 Å². The highest BCUT2D eigenvalue weighted by Crippen LogP contribution is 2.33. The predicted molar refractivity (Wildman–Crippen MR) is 103 cm³/mol. The summed E-state index contributed by atoms with van der Waals surface area (Å²) in [6.45, 7) is 8.55. The van der Waals surface area contributed by atoms with Gasteiger partial charge in [0.05, 0.1) is 23.6 Å². The fourth-order valence-corrected chi connectivity index (χ4v) is 2.85. The number of nitriles is 1. The van der Waals surface area contributed by atoms with Crippen molar-refractivity contribution in [3.05, 3.63) is 52.9 Å².